The molecular weight excluding hydrogens is 349 g/mol. The Labute approximate surface area is 146 Å². The molecule has 0 unspecified atom stereocenters. The van der Waals surface area contributed by atoms with E-state index in [0.717, 1.165) is 0 Å². The van der Waals surface area contributed by atoms with Crippen molar-refractivity contribution in [3.05, 3.63) is 28.2 Å². The molecule has 1 atom stereocenters. The van der Waals surface area contributed by atoms with Gasteiger partial charge in [0.1, 0.15) is 0 Å². The second kappa shape index (κ2) is 9.90. The van der Waals surface area contributed by atoms with Crippen LogP contribution in [0, 0.1) is 5.92 Å². The van der Waals surface area contributed by atoms with E-state index >= 15 is 0 Å². The Kier molecular flexibility index (Phi) is 9.44. The molecule has 8 heteroatoms. The van der Waals surface area contributed by atoms with Crippen LogP contribution in [0.5, 0.6) is 0 Å². The predicted octanol–water partition coefficient (Wildman–Crippen LogP) is 2.84. The summed E-state index contributed by atoms with van der Waals surface area (Å²) in [4.78, 5) is 23.5. The fourth-order valence-electron chi connectivity index (χ4n) is 1.70. The van der Waals surface area contributed by atoms with Gasteiger partial charge in [-0.05, 0) is 30.5 Å². The van der Waals surface area contributed by atoms with Gasteiger partial charge in [-0.3, -0.25) is 9.59 Å². The number of halogens is 3. The van der Waals surface area contributed by atoms with Crippen molar-refractivity contribution in [3.8, 4) is 0 Å². The van der Waals surface area contributed by atoms with Crippen LogP contribution in [-0.4, -0.2) is 24.4 Å². The molecule has 0 radical (unpaired) electrons. The number of nitrogens with two attached hydrogens (primary N) is 1. The van der Waals surface area contributed by atoms with E-state index in [9.17, 15) is 9.59 Å². The molecule has 22 heavy (non-hydrogen) atoms. The highest BCUT2D eigenvalue weighted by Gasteiger charge is 2.16. The summed E-state index contributed by atoms with van der Waals surface area (Å²) in [6, 6.07) is 4.12. The second-order valence-corrected chi connectivity index (χ2v) is 5.97. The summed E-state index contributed by atoms with van der Waals surface area (Å²) in [5.74, 6) is -0.440. The first-order chi connectivity index (χ1) is 9.79. The first kappa shape index (κ1) is 21.0. The number of hydrogen-bond donors (Lipinski definition) is 3. The lowest BCUT2D eigenvalue weighted by atomic mass is 10.0. The first-order valence-electron chi connectivity index (χ1n) is 6.57. The minimum atomic E-state index is -0.618. The molecule has 0 saturated carbocycles. The molecule has 0 fully saturated rings. The number of hydrogen-bond acceptors (Lipinski definition) is 3. The predicted molar refractivity (Wildman–Crippen MR) is 92.8 cm³/mol. The Hall–Kier alpha value is -1.01. The van der Waals surface area contributed by atoms with E-state index in [1.165, 1.54) is 6.07 Å². The maximum absolute atomic E-state index is 11.8. The SMILES string of the molecule is CC(C)C[C@H](N)C(=O)NCC(=O)Nc1cc(Cl)ccc1Cl.Cl. The highest BCUT2D eigenvalue weighted by molar-refractivity contribution is 6.35. The number of benzene rings is 1. The molecule has 0 aliphatic rings. The first-order valence-corrected chi connectivity index (χ1v) is 7.33. The van der Waals surface area contributed by atoms with E-state index in [1.54, 1.807) is 12.1 Å². The molecule has 5 nitrogen and oxygen atoms in total. The number of carbonyl (C=O) groups is 2. The van der Waals surface area contributed by atoms with Gasteiger partial charge >= 0.3 is 0 Å². The van der Waals surface area contributed by atoms with Crippen LogP contribution in [0.25, 0.3) is 0 Å². The van der Waals surface area contributed by atoms with Gasteiger partial charge in [0.15, 0.2) is 0 Å². The molecule has 0 saturated heterocycles. The minimum absolute atomic E-state index is 0. The van der Waals surface area contributed by atoms with Crippen LogP contribution in [0.3, 0.4) is 0 Å². The van der Waals surface area contributed by atoms with Crippen LogP contribution in [0.2, 0.25) is 10.0 Å². The smallest absolute Gasteiger partial charge is 0.243 e. The maximum atomic E-state index is 11.8. The van der Waals surface area contributed by atoms with Gasteiger partial charge in [0, 0.05) is 5.02 Å². The summed E-state index contributed by atoms with van der Waals surface area (Å²) < 4.78 is 0. The normalized spacial score (nSPS) is 11.5. The van der Waals surface area contributed by atoms with Gasteiger partial charge in [-0.15, -0.1) is 12.4 Å². The van der Waals surface area contributed by atoms with Crippen molar-refractivity contribution < 1.29 is 9.59 Å². The van der Waals surface area contributed by atoms with E-state index < -0.39 is 11.9 Å². The molecule has 1 aromatic carbocycles. The molecule has 4 N–H and O–H groups in total. The van der Waals surface area contributed by atoms with Crippen LogP contribution < -0.4 is 16.4 Å². The van der Waals surface area contributed by atoms with Crippen LogP contribution in [0.15, 0.2) is 18.2 Å². The third kappa shape index (κ3) is 7.31. The molecule has 0 spiro atoms. The van der Waals surface area contributed by atoms with Crippen molar-refractivity contribution in [3.63, 3.8) is 0 Å². The largest absolute Gasteiger partial charge is 0.346 e. The number of rotatable bonds is 6. The highest BCUT2D eigenvalue weighted by atomic mass is 35.5. The van der Waals surface area contributed by atoms with Gasteiger partial charge in [-0.1, -0.05) is 37.0 Å². The average molecular weight is 369 g/mol. The maximum Gasteiger partial charge on any atom is 0.243 e. The highest BCUT2D eigenvalue weighted by Crippen LogP contribution is 2.25. The lowest BCUT2D eigenvalue weighted by Gasteiger charge is -2.14. The fourth-order valence-corrected chi connectivity index (χ4v) is 2.04. The summed E-state index contributed by atoms with van der Waals surface area (Å²) in [6.07, 6.45) is 0.563. The topological polar surface area (TPSA) is 84.2 Å². The summed E-state index contributed by atoms with van der Waals surface area (Å²) >= 11 is 11.8. The molecule has 0 aromatic heterocycles. The Morgan fingerprint density at radius 3 is 2.50 bits per heavy atom. The van der Waals surface area contributed by atoms with Crippen molar-refractivity contribution in [1.82, 2.24) is 5.32 Å². The van der Waals surface area contributed by atoms with E-state index in [-0.39, 0.29) is 24.9 Å². The lowest BCUT2D eigenvalue weighted by molar-refractivity contribution is -0.125. The molecule has 0 bridgehead atoms. The van der Waals surface area contributed by atoms with Crippen molar-refractivity contribution in [2.24, 2.45) is 11.7 Å². The number of anilines is 1. The number of nitrogens with one attached hydrogen (secondary N) is 2. The monoisotopic (exact) mass is 367 g/mol. The van der Waals surface area contributed by atoms with E-state index in [4.69, 9.17) is 28.9 Å². The van der Waals surface area contributed by atoms with E-state index in [2.05, 4.69) is 10.6 Å². The quantitative estimate of drug-likeness (QED) is 0.722. The summed E-state index contributed by atoms with van der Waals surface area (Å²) in [6.45, 7) is 3.77. The van der Waals surface area contributed by atoms with Crippen LogP contribution in [-0.2, 0) is 9.59 Å². The molecule has 2 amide bonds. The Morgan fingerprint density at radius 1 is 1.27 bits per heavy atom. The van der Waals surface area contributed by atoms with Crippen LogP contribution in [0.4, 0.5) is 5.69 Å². The van der Waals surface area contributed by atoms with Gasteiger partial charge in [-0.25, -0.2) is 0 Å². The third-order valence-electron chi connectivity index (χ3n) is 2.69. The zero-order valence-electron chi connectivity index (χ0n) is 12.4. The molecule has 1 rings (SSSR count). The molecule has 0 heterocycles. The van der Waals surface area contributed by atoms with Crippen LogP contribution >= 0.6 is 35.6 Å². The molecular formula is C14H20Cl3N3O2. The van der Waals surface area contributed by atoms with Gasteiger partial charge in [-0.2, -0.15) is 0 Å². The van der Waals surface area contributed by atoms with Crippen molar-refractivity contribution in [2.45, 2.75) is 26.3 Å². The second-order valence-electron chi connectivity index (χ2n) is 5.13. The Morgan fingerprint density at radius 2 is 1.91 bits per heavy atom. The van der Waals surface area contributed by atoms with Gasteiger partial charge in [0.2, 0.25) is 11.8 Å². The van der Waals surface area contributed by atoms with E-state index in [1.807, 2.05) is 13.8 Å². The summed E-state index contributed by atoms with van der Waals surface area (Å²) in [5, 5.41) is 5.89. The zero-order valence-corrected chi connectivity index (χ0v) is 14.7. The standard InChI is InChI=1S/C14H19Cl2N3O2.ClH/c1-8(2)5-11(17)14(21)18-7-13(20)19-12-6-9(15)3-4-10(12)16;/h3-4,6,8,11H,5,7,17H2,1-2H3,(H,18,21)(H,19,20);1H/t11-;/m0./s1. The van der Waals surface area contributed by atoms with Gasteiger partial charge in [0.05, 0.1) is 23.3 Å². The Bertz CT molecular complexity index is 524. The van der Waals surface area contributed by atoms with Crippen molar-refractivity contribution in [2.75, 3.05) is 11.9 Å². The minimum Gasteiger partial charge on any atom is -0.346 e. The van der Waals surface area contributed by atoms with Gasteiger partial charge in [0.25, 0.3) is 0 Å². The number of amides is 2. The summed E-state index contributed by atoms with van der Waals surface area (Å²) in [7, 11) is 0. The number of carbonyl (C=O) groups excluding carboxylic acids is 2. The third-order valence-corrected chi connectivity index (χ3v) is 3.25. The summed E-state index contributed by atoms with van der Waals surface area (Å²) in [5.41, 5.74) is 6.12. The molecule has 0 aliphatic carbocycles. The van der Waals surface area contributed by atoms with Gasteiger partial charge < -0.3 is 16.4 Å². The van der Waals surface area contributed by atoms with Crippen LogP contribution in [0.1, 0.15) is 20.3 Å². The molecule has 1 aromatic rings. The van der Waals surface area contributed by atoms with Crippen molar-refractivity contribution in [1.29, 1.82) is 0 Å². The lowest BCUT2D eigenvalue weighted by Crippen LogP contribution is -2.44. The van der Waals surface area contributed by atoms with Crippen molar-refractivity contribution >= 4 is 53.1 Å². The fraction of sp³-hybridized carbons (Fsp3) is 0.429. The van der Waals surface area contributed by atoms with E-state index in [0.29, 0.717) is 28.1 Å². The Balaban J connectivity index is 0.00000441. The average Bonchev–Trinajstić information content (AvgIpc) is 2.39. The molecule has 124 valence electrons. The zero-order chi connectivity index (χ0) is 16.0. The molecule has 0 aliphatic heterocycles.